The molecule has 0 aromatic rings. The van der Waals surface area contributed by atoms with Crippen LogP contribution in [-0.2, 0) is 14.4 Å². The number of nitrogens with zero attached hydrogens (tertiary/aromatic N) is 2. The summed E-state index contributed by atoms with van der Waals surface area (Å²) in [4.78, 5) is 37.1. The fourth-order valence-corrected chi connectivity index (χ4v) is 2.78. The largest absolute Gasteiger partial charge is 0.480 e. The van der Waals surface area contributed by atoms with Gasteiger partial charge in [-0.1, -0.05) is 6.92 Å². The summed E-state index contributed by atoms with van der Waals surface area (Å²) in [6.07, 6.45) is 1.42. The molecule has 2 atom stereocenters. The average Bonchev–Trinajstić information content (AvgIpc) is 2.81. The van der Waals surface area contributed by atoms with Gasteiger partial charge in [0.1, 0.15) is 6.04 Å². The molecule has 18 heavy (non-hydrogen) atoms. The second-order valence-corrected chi connectivity index (χ2v) is 5.02. The highest BCUT2D eigenvalue weighted by Gasteiger charge is 2.37. The van der Waals surface area contributed by atoms with Crippen molar-refractivity contribution in [2.45, 2.75) is 32.2 Å². The van der Waals surface area contributed by atoms with E-state index in [0.717, 1.165) is 6.42 Å². The standard InChI is InChI=1S/C12H18N2O4/c1-8-4-5-13(11(8)12(17)18)6-7-14-9(15)2-3-10(14)16/h8,11H,2-7H2,1H3,(H,17,18). The number of imide groups is 1. The molecule has 2 amide bonds. The van der Waals surface area contributed by atoms with Gasteiger partial charge in [-0.2, -0.15) is 0 Å². The van der Waals surface area contributed by atoms with E-state index in [0.29, 0.717) is 19.6 Å². The topological polar surface area (TPSA) is 77.9 Å². The summed E-state index contributed by atoms with van der Waals surface area (Å²) in [7, 11) is 0. The third-order valence-corrected chi connectivity index (χ3v) is 3.82. The van der Waals surface area contributed by atoms with Crippen LogP contribution in [0.3, 0.4) is 0 Å². The molecule has 0 aromatic carbocycles. The lowest BCUT2D eigenvalue weighted by Crippen LogP contribution is -2.44. The Kier molecular flexibility index (Phi) is 3.65. The van der Waals surface area contributed by atoms with Crippen LogP contribution in [0.1, 0.15) is 26.2 Å². The van der Waals surface area contributed by atoms with Crippen LogP contribution in [0.15, 0.2) is 0 Å². The van der Waals surface area contributed by atoms with E-state index in [-0.39, 0.29) is 30.6 Å². The molecule has 1 N–H and O–H groups in total. The van der Waals surface area contributed by atoms with Crippen LogP contribution in [0.4, 0.5) is 0 Å². The van der Waals surface area contributed by atoms with E-state index < -0.39 is 12.0 Å². The molecule has 2 heterocycles. The van der Waals surface area contributed by atoms with E-state index in [1.807, 2.05) is 11.8 Å². The number of carbonyl (C=O) groups excluding carboxylic acids is 2. The van der Waals surface area contributed by atoms with Crippen molar-refractivity contribution in [2.75, 3.05) is 19.6 Å². The number of carboxylic acids is 1. The zero-order chi connectivity index (χ0) is 13.3. The molecule has 0 bridgehead atoms. The molecule has 2 saturated heterocycles. The minimum Gasteiger partial charge on any atom is -0.480 e. The van der Waals surface area contributed by atoms with Crippen molar-refractivity contribution < 1.29 is 19.5 Å². The average molecular weight is 254 g/mol. The van der Waals surface area contributed by atoms with Gasteiger partial charge in [0.2, 0.25) is 11.8 Å². The highest BCUT2D eigenvalue weighted by atomic mass is 16.4. The maximum absolute atomic E-state index is 11.4. The lowest BCUT2D eigenvalue weighted by molar-refractivity contribution is -0.143. The maximum atomic E-state index is 11.4. The lowest BCUT2D eigenvalue weighted by Gasteiger charge is -2.25. The van der Waals surface area contributed by atoms with Crippen LogP contribution < -0.4 is 0 Å². The summed E-state index contributed by atoms with van der Waals surface area (Å²) in [5.41, 5.74) is 0. The lowest BCUT2D eigenvalue weighted by atomic mass is 10.0. The van der Waals surface area contributed by atoms with Crippen LogP contribution in [0.2, 0.25) is 0 Å². The number of hydrogen-bond donors (Lipinski definition) is 1. The van der Waals surface area contributed by atoms with Gasteiger partial charge in [-0.3, -0.25) is 24.2 Å². The van der Waals surface area contributed by atoms with Crippen molar-refractivity contribution in [3.05, 3.63) is 0 Å². The predicted octanol–water partition coefficient (Wildman–Crippen LogP) is -0.0696. The molecule has 2 fully saturated rings. The van der Waals surface area contributed by atoms with Crippen molar-refractivity contribution in [1.82, 2.24) is 9.80 Å². The Labute approximate surface area is 106 Å². The van der Waals surface area contributed by atoms with Crippen molar-refractivity contribution in [2.24, 2.45) is 5.92 Å². The molecule has 0 saturated carbocycles. The van der Waals surface area contributed by atoms with E-state index in [1.54, 1.807) is 0 Å². The van der Waals surface area contributed by atoms with Crippen molar-refractivity contribution >= 4 is 17.8 Å². The Morgan fingerprint density at radius 2 is 1.89 bits per heavy atom. The Hall–Kier alpha value is -1.43. The summed E-state index contributed by atoms with van der Waals surface area (Å²) in [5, 5.41) is 9.16. The van der Waals surface area contributed by atoms with Crippen molar-refractivity contribution in [1.29, 1.82) is 0 Å². The number of likely N-dealkylation sites (tertiary alicyclic amines) is 2. The zero-order valence-electron chi connectivity index (χ0n) is 10.5. The first-order valence-electron chi connectivity index (χ1n) is 6.30. The van der Waals surface area contributed by atoms with Gasteiger partial charge in [0.05, 0.1) is 0 Å². The smallest absolute Gasteiger partial charge is 0.321 e. The molecule has 2 aliphatic heterocycles. The van der Waals surface area contributed by atoms with Crippen molar-refractivity contribution in [3.8, 4) is 0 Å². The van der Waals surface area contributed by atoms with Gasteiger partial charge in [0, 0.05) is 25.9 Å². The number of amides is 2. The number of hydrogen-bond acceptors (Lipinski definition) is 4. The summed E-state index contributed by atoms with van der Waals surface area (Å²) in [5.74, 6) is -0.982. The molecule has 6 heteroatoms. The molecule has 6 nitrogen and oxygen atoms in total. The van der Waals surface area contributed by atoms with Gasteiger partial charge in [0.25, 0.3) is 0 Å². The molecule has 0 aromatic heterocycles. The van der Waals surface area contributed by atoms with Crippen LogP contribution in [-0.4, -0.2) is 58.4 Å². The Morgan fingerprint density at radius 3 is 2.44 bits per heavy atom. The molecule has 2 rings (SSSR count). The van der Waals surface area contributed by atoms with Gasteiger partial charge >= 0.3 is 5.97 Å². The number of aliphatic carboxylic acids is 1. The monoisotopic (exact) mass is 254 g/mol. The molecular formula is C12H18N2O4. The quantitative estimate of drug-likeness (QED) is 0.711. The van der Waals surface area contributed by atoms with E-state index in [9.17, 15) is 14.4 Å². The van der Waals surface area contributed by atoms with Crippen LogP contribution in [0.5, 0.6) is 0 Å². The minimum absolute atomic E-state index is 0.118. The minimum atomic E-state index is -0.820. The van der Waals surface area contributed by atoms with E-state index >= 15 is 0 Å². The van der Waals surface area contributed by atoms with E-state index in [2.05, 4.69) is 0 Å². The van der Waals surface area contributed by atoms with Gasteiger partial charge in [0.15, 0.2) is 0 Å². The highest BCUT2D eigenvalue weighted by Crippen LogP contribution is 2.24. The zero-order valence-corrected chi connectivity index (χ0v) is 10.5. The molecule has 0 radical (unpaired) electrons. The van der Waals surface area contributed by atoms with E-state index in [4.69, 9.17) is 5.11 Å². The SMILES string of the molecule is CC1CCN(CCN2C(=O)CCC2=O)C1C(=O)O. The summed E-state index contributed by atoms with van der Waals surface area (Å²) >= 11 is 0. The first kappa shape index (κ1) is 13.0. The fraction of sp³-hybridized carbons (Fsp3) is 0.750. The third kappa shape index (κ3) is 2.38. The second kappa shape index (κ2) is 5.06. The van der Waals surface area contributed by atoms with E-state index in [1.165, 1.54) is 4.90 Å². The number of carboxylic acid groups (broad SMARTS) is 1. The second-order valence-electron chi connectivity index (χ2n) is 5.02. The molecular weight excluding hydrogens is 236 g/mol. The van der Waals surface area contributed by atoms with Crippen LogP contribution in [0, 0.1) is 5.92 Å². The van der Waals surface area contributed by atoms with Gasteiger partial charge in [-0.25, -0.2) is 0 Å². The van der Waals surface area contributed by atoms with Gasteiger partial charge < -0.3 is 5.11 Å². The first-order valence-corrected chi connectivity index (χ1v) is 6.30. The molecule has 2 unspecified atom stereocenters. The molecule has 100 valence electrons. The molecule has 2 aliphatic rings. The Bertz CT molecular complexity index is 366. The normalized spacial score (nSPS) is 29.3. The molecule has 0 aliphatic carbocycles. The molecule has 0 spiro atoms. The summed E-state index contributed by atoms with van der Waals surface area (Å²) in [6.45, 7) is 3.41. The predicted molar refractivity (Wildman–Crippen MR) is 62.7 cm³/mol. The third-order valence-electron chi connectivity index (χ3n) is 3.82. The Balaban J connectivity index is 1.92. The summed E-state index contributed by atoms with van der Waals surface area (Å²) in [6, 6.07) is -0.488. The maximum Gasteiger partial charge on any atom is 0.321 e. The van der Waals surface area contributed by atoms with Crippen LogP contribution in [0.25, 0.3) is 0 Å². The Morgan fingerprint density at radius 1 is 1.28 bits per heavy atom. The number of rotatable bonds is 4. The number of carbonyl (C=O) groups is 3. The summed E-state index contributed by atoms with van der Waals surface area (Å²) < 4.78 is 0. The highest BCUT2D eigenvalue weighted by molar-refractivity contribution is 6.01. The fourth-order valence-electron chi connectivity index (χ4n) is 2.78. The van der Waals surface area contributed by atoms with Crippen molar-refractivity contribution in [3.63, 3.8) is 0 Å². The van der Waals surface area contributed by atoms with Gasteiger partial charge in [-0.05, 0) is 18.9 Å². The first-order chi connectivity index (χ1) is 8.50. The van der Waals surface area contributed by atoms with Gasteiger partial charge in [-0.15, -0.1) is 0 Å². The van der Waals surface area contributed by atoms with Crippen LogP contribution >= 0.6 is 0 Å².